The zero-order valence-corrected chi connectivity index (χ0v) is 9.62. The van der Waals surface area contributed by atoms with Gasteiger partial charge < -0.3 is 5.73 Å². The first-order valence-corrected chi connectivity index (χ1v) is 5.63. The minimum atomic E-state index is 0.368. The summed E-state index contributed by atoms with van der Waals surface area (Å²) >= 11 is 7.63. The average molecular weight is 227 g/mol. The Hall–Kier alpha value is -0.800. The summed E-state index contributed by atoms with van der Waals surface area (Å²) in [6.45, 7) is 4.21. The number of anilines is 1. The summed E-state index contributed by atoms with van der Waals surface area (Å²) in [6.07, 6.45) is 0. The number of rotatable bonds is 1. The molecule has 0 saturated heterocycles. The van der Waals surface area contributed by atoms with Gasteiger partial charge in [-0.3, -0.25) is 0 Å². The van der Waals surface area contributed by atoms with Crippen molar-refractivity contribution in [1.29, 1.82) is 0 Å². The minimum absolute atomic E-state index is 0.368. The molecule has 0 fully saturated rings. The van der Waals surface area contributed by atoms with Crippen molar-refractivity contribution in [2.24, 2.45) is 0 Å². The highest BCUT2D eigenvalue weighted by molar-refractivity contribution is 7.22. The Labute approximate surface area is 91.7 Å². The van der Waals surface area contributed by atoms with Gasteiger partial charge in [0.15, 0.2) is 5.13 Å². The van der Waals surface area contributed by atoms with Gasteiger partial charge in [-0.25, -0.2) is 4.98 Å². The van der Waals surface area contributed by atoms with Gasteiger partial charge in [-0.1, -0.05) is 36.8 Å². The number of fused-ring (bicyclic) bond motifs is 1. The lowest BCUT2D eigenvalue weighted by Crippen LogP contribution is -1.91. The van der Waals surface area contributed by atoms with Crippen molar-refractivity contribution >= 4 is 38.3 Å². The number of thiazole rings is 1. The van der Waals surface area contributed by atoms with E-state index in [1.165, 1.54) is 11.3 Å². The van der Waals surface area contributed by atoms with E-state index >= 15 is 0 Å². The predicted octanol–water partition coefficient (Wildman–Crippen LogP) is 3.66. The molecule has 4 heteroatoms. The lowest BCUT2D eigenvalue weighted by atomic mass is 10.0. The fourth-order valence-electron chi connectivity index (χ4n) is 1.56. The standard InChI is InChI=1S/C10H11ClN2S/c1-5(2)8-6(11)3-4-7-9(8)13-10(12)14-7/h3-5H,1-2H3,(H2,12,13). The lowest BCUT2D eigenvalue weighted by molar-refractivity contribution is 0.874. The number of hydrogen-bond donors (Lipinski definition) is 1. The molecular weight excluding hydrogens is 216 g/mol. The van der Waals surface area contributed by atoms with Crippen LogP contribution in [0.25, 0.3) is 10.2 Å². The molecule has 2 aromatic rings. The van der Waals surface area contributed by atoms with Crippen LogP contribution in [0.3, 0.4) is 0 Å². The van der Waals surface area contributed by atoms with Crippen molar-refractivity contribution in [1.82, 2.24) is 4.98 Å². The lowest BCUT2D eigenvalue weighted by Gasteiger charge is -2.07. The van der Waals surface area contributed by atoms with E-state index in [0.29, 0.717) is 11.0 Å². The van der Waals surface area contributed by atoms with E-state index in [2.05, 4.69) is 18.8 Å². The molecule has 0 aliphatic heterocycles. The molecule has 0 radical (unpaired) electrons. The molecular formula is C10H11ClN2S. The fourth-order valence-corrected chi connectivity index (χ4v) is 2.68. The highest BCUT2D eigenvalue weighted by Gasteiger charge is 2.13. The molecule has 1 aromatic heterocycles. The highest BCUT2D eigenvalue weighted by atomic mass is 35.5. The maximum absolute atomic E-state index is 6.13. The second-order valence-corrected chi connectivity index (χ2v) is 4.98. The zero-order valence-electron chi connectivity index (χ0n) is 8.04. The Morgan fingerprint density at radius 2 is 2.14 bits per heavy atom. The number of aromatic nitrogens is 1. The van der Waals surface area contributed by atoms with Crippen LogP contribution in [0, 0.1) is 0 Å². The molecule has 2 nitrogen and oxygen atoms in total. The number of nitrogens with two attached hydrogens (primary N) is 1. The molecule has 1 aromatic carbocycles. The van der Waals surface area contributed by atoms with Gasteiger partial charge in [0.2, 0.25) is 0 Å². The third kappa shape index (κ3) is 1.47. The van der Waals surface area contributed by atoms with Crippen LogP contribution in [-0.4, -0.2) is 4.98 Å². The largest absolute Gasteiger partial charge is 0.375 e. The van der Waals surface area contributed by atoms with E-state index in [9.17, 15) is 0 Å². The molecule has 0 spiro atoms. The second kappa shape index (κ2) is 3.41. The van der Waals surface area contributed by atoms with Crippen molar-refractivity contribution in [3.8, 4) is 0 Å². The Morgan fingerprint density at radius 1 is 1.43 bits per heavy atom. The van der Waals surface area contributed by atoms with Crippen molar-refractivity contribution in [3.63, 3.8) is 0 Å². The predicted molar refractivity (Wildman–Crippen MR) is 63.1 cm³/mol. The minimum Gasteiger partial charge on any atom is -0.375 e. The first-order valence-electron chi connectivity index (χ1n) is 4.44. The number of halogens is 1. The number of nitrogen functional groups attached to an aromatic ring is 1. The van der Waals surface area contributed by atoms with E-state index in [0.717, 1.165) is 20.8 Å². The van der Waals surface area contributed by atoms with Crippen molar-refractivity contribution in [3.05, 3.63) is 22.7 Å². The molecule has 0 aliphatic rings. The molecule has 0 saturated carbocycles. The average Bonchev–Trinajstić information content (AvgIpc) is 2.43. The second-order valence-electron chi connectivity index (χ2n) is 3.51. The van der Waals surface area contributed by atoms with Crippen LogP contribution in [0.5, 0.6) is 0 Å². The first kappa shape index (κ1) is 9.74. The third-order valence-corrected chi connectivity index (χ3v) is 3.32. The Bertz CT molecular complexity index is 476. The van der Waals surface area contributed by atoms with Crippen LogP contribution in [-0.2, 0) is 0 Å². The van der Waals surface area contributed by atoms with Gasteiger partial charge in [0.25, 0.3) is 0 Å². The number of hydrogen-bond acceptors (Lipinski definition) is 3. The van der Waals surface area contributed by atoms with Crippen LogP contribution in [0.1, 0.15) is 25.3 Å². The maximum atomic E-state index is 6.13. The van der Waals surface area contributed by atoms with Gasteiger partial charge in [-0.05, 0) is 18.1 Å². The van der Waals surface area contributed by atoms with Crippen molar-refractivity contribution < 1.29 is 0 Å². The van der Waals surface area contributed by atoms with E-state index < -0.39 is 0 Å². The summed E-state index contributed by atoms with van der Waals surface area (Å²) in [5, 5.41) is 1.38. The van der Waals surface area contributed by atoms with E-state index in [4.69, 9.17) is 17.3 Å². The Morgan fingerprint density at radius 3 is 2.79 bits per heavy atom. The summed E-state index contributed by atoms with van der Waals surface area (Å²) in [4.78, 5) is 4.31. The van der Waals surface area contributed by atoms with Gasteiger partial charge in [-0.2, -0.15) is 0 Å². The molecule has 74 valence electrons. The normalized spacial score (nSPS) is 11.4. The van der Waals surface area contributed by atoms with Crippen LogP contribution in [0.15, 0.2) is 12.1 Å². The number of nitrogens with zero attached hydrogens (tertiary/aromatic N) is 1. The monoisotopic (exact) mass is 226 g/mol. The summed E-state index contributed by atoms with van der Waals surface area (Å²) in [5.74, 6) is 0.368. The molecule has 0 bridgehead atoms. The van der Waals surface area contributed by atoms with Crippen LogP contribution in [0.2, 0.25) is 5.02 Å². The van der Waals surface area contributed by atoms with E-state index in [1.807, 2.05) is 12.1 Å². The van der Waals surface area contributed by atoms with Crippen LogP contribution in [0.4, 0.5) is 5.13 Å². The van der Waals surface area contributed by atoms with Gasteiger partial charge in [0, 0.05) is 10.6 Å². The summed E-state index contributed by atoms with van der Waals surface area (Å²) in [5.41, 5.74) is 7.72. The van der Waals surface area contributed by atoms with Gasteiger partial charge in [-0.15, -0.1) is 0 Å². The Balaban J connectivity index is 2.82. The maximum Gasteiger partial charge on any atom is 0.181 e. The first-order chi connectivity index (χ1) is 6.59. The van der Waals surface area contributed by atoms with Crippen molar-refractivity contribution in [2.45, 2.75) is 19.8 Å². The summed E-state index contributed by atoms with van der Waals surface area (Å²) < 4.78 is 1.11. The smallest absolute Gasteiger partial charge is 0.181 e. The van der Waals surface area contributed by atoms with Gasteiger partial charge in [0.05, 0.1) is 10.2 Å². The molecule has 0 amide bonds. The molecule has 14 heavy (non-hydrogen) atoms. The highest BCUT2D eigenvalue weighted by Crippen LogP contribution is 2.34. The third-order valence-electron chi connectivity index (χ3n) is 2.14. The topological polar surface area (TPSA) is 38.9 Å². The van der Waals surface area contributed by atoms with E-state index in [-0.39, 0.29) is 0 Å². The van der Waals surface area contributed by atoms with Crippen LogP contribution >= 0.6 is 22.9 Å². The van der Waals surface area contributed by atoms with Crippen LogP contribution < -0.4 is 5.73 Å². The Kier molecular flexibility index (Phi) is 2.37. The molecule has 2 N–H and O–H groups in total. The fraction of sp³-hybridized carbons (Fsp3) is 0.300. The quantitative estimate of drug-likeness (QED) is 0.806. The molecule has 2 rings (SSSR count). The SMILES string of the molecule is CC(C)c1c(Cl)ccc2sc(N)nc12. The number of benzene rings is 1. The molecule has 1 heterocycles. The van der Waals surface area contributed by atoms with Gasteiger partial charge >= 0.3 is 0 Å². The summed E-state index contributed by atoms with van der Waals surface area (Å²) in [6, 6.07) is 3.88. The van der Waals surface area contributed by atoms with E-state index in [1.54, 1.807) is 0 Å². The zero-order chi connectivity index (χ0) is 10.3. The van der Waals surface area contributed by atoms with Crippen molar-refractivity contribution in [2.75, 3.05) is 5.73 Å². The van der Waals surface area contributed by atoms with Gasteiger partial charge in [0.1, 0.15) is 0 Å². The molecule has 0 unspecified atom stereocenters. The summed E-state index contributed by atoms with van der Waals surface area (Å²) in [7, 11) is 0. The molecule has 0 atom stereocenters. The molecule has 0 aliphatic carbocycles.